The van der Waals surface area contributed by atoms with Gasteiger partial charge in [0.25, 0.3) is 5.78 Å². The Morgan fingerprint density at radius 2 is 2.00 bits per heavy atom. The van der Waals surface area contributed by atoms with Crippen LogP contribution in [0, 0.1) is 19.8 Å². The maximum Gasteiger partial charge on any atom is 0.253 e. The molecule has 0 spiro atoms. The highest BCUT2D eigenvalue weighted by Gasteiger charge is 2.18. The van der Waals surface area contributed by atoms with Gasteiger partial charge >= 0.3 is 0 Å². The van der Waals surface area contributed by atoms with Gasteiger partial charge in [0.05, 0.1) is 0 Å². The highest BCUT2D eigenvalue weighted by atomic mass is 32.2. The van der Waals surface area contributed by atoms with Crippen molar-refractivity contribution in [3.05, 3.63) is 17.5 Å². The van der Waals surface area contributed by atoms with Crippen molar-refractivity contribution in [2.75, 3.05) is 25.9 Å². The molecular formula is C14H21N5S. The van der Waals surface area contributed by atoms with Crippen molar-refractivity contribution in [2.45, 2.75) is 31.8 Å². The average Bonchev–Trinajstić information content (AvgIpc) is 2.81. The van der Waals surface area contributed by atoms with E-state index in [1.807, 2.05) is 24.4 Å². The van der Waals surface area contributed by atoms with Crippen molar-refractivity contribution in [1.82, 2.24) is 24.5 Å². The molecule has 0 radical (unpaired) electrons. The Hall–Kier alpha value is -1.14. The number of rotatable bonds is 3. The van der Waals surface area contributed by atoms with E-state index in [2.05, 4.69) is 27.0 Å². The number of piperidine rings is 1. The van der Waals surface area contributed by atoms with Crippen LogP contribution >= 0.6 is 11.8 Å². The summed E-state index contributed by atoms with van der Waals surface area (Å²) in [7, 11) is 2.20. The third-order valence-corrected chi connectivity index (χ3v) is 4.95. The summed E-state index contributed by atoms with van der Waals surface area (Å²) in [5, 5.41) is 5.40. The van der Waals surface area contributed by atoms with E-state index in [1.54, 1.807) is 11.8 Å². The summed E-state index contributed by atoms with van der Waals surface area (Å²) in [6, 6.07) is 2.03. The second-order valence-corrected chi connectivity index (χ2v) is 6.69. The fraction of sp³-hybridized carbons (Fsp3) is 0.643. The van der Waals surface area contributed by atoms with Gasteiger partial charge in [-0.1, -0.05) is 11.8 Å². The minimum atomic E-state index is 0.716. The topological polar surface area (TPSA) is 46.3 Å². The van der Waals surface area contributed by atoms with Crippen molar-refractivity contribution >= 4 is 17.5 Å². The van der Waals surface area contributed by atoms with E-state index in [4.69, 9.17) is 0 Å². The molecule has 5 nitrogen and oxygen atoms in total. The smallest absolute Gasteiger partial charge is 0.253 e. The van der Waals surface area contributed by atoms with Crippen LogP contribution in [0.25, 0.3) is 5.78 Å². The predicted octanol–water partition coefficient (Wildman–Crippen LogP) is 2.18. The first-order valence-electron chi connectivity index (χ1n) is 7.14. The molecule has 0 saturated carbocycles. The van der Waals surface area contributed by atoms with Gasteiger partial charge in [0.15, 0.2) is 0 Å². The minimum Gasteiger partial charge on any atom is -0.306 e. The fourth-order valence-corrected chi connectivity index (χ4v) is 3.63. The molecule has 1 aliphatic rings. The summed E-state index contributed by atoms with van der Waals surface area (Å²) in [5.41, 5.74) is 2.08. The quantitative estimate of drug-likeness (QED) is 0.811. The summed E-state index contributed by atoms with van der Waals surface area (Å²) >= 11 is 1.77. The summed E-state index contributed by atoms with van der Waals surface area (Å²) < 4.78 is 1.84. The van der Waals surface area contributed by atoms with Crippen LogP contribution < -0.4 is 0 Å². The highest BCUT2D eigenvalue weighted by molar-refractivity contribution is 7.99. The van der Waals surface area contributed by atoms with E-state index in [1.165, 1.54) is 25.9 Å². The molecule has 0 amide bonds. The zero-order valence-corrected chi connectivity index (χ0v) is 13.2. The van der Waals surface area contributed by atoms with Gasteiger partial charge in [-0.05, 0) is 58.8 Å². The van der Waals surface area contributed by atoms with Gasteiger partial charge in [0.2, 0.25) is 5.16 Å². The Bertz CT molecular complexity index is 601. The largest absolute Gasteiger partial charge is 0.306 e. The van der Waals surface area contributed by atoms with Crippen LogP contribution in [0.5, 0.6) is 0 Å². The van der Waals surface area contributed by atoms with Gasteiger partial charge in [-0.3, -0.25) is 0 Å². The maximum absolute atomic E-state index is 4.55. The van der Waals surface area contributed by atoms with Gasteiger partial charge < -0.3 is 4.90 Å². The van der Waals surface area contributed by atoms with Gasteiger partial charge in [0.1, 0.15) is 0 Å². The molecule has 2 aromatic heterocycles. The monoisotopic (exact) mass is 291 g/mol. The van der Waals surface area contributed by atoms with Crippen molar-refractivity contribution in [2.24, 2.45) is 5.92 Å². The van der Waals surface area contributed by atoms with E-state index < -0.39 is 0 Å². The first-order chi connectivity index (χ1) is 9.61. The Kier molecular flexibility index (Phi) is 3.94. The average molecular weight is 291 g/mol. The lowest BCUT2D eigenvalue weighted by atomic mass is 10.00. The lowest BCUT2D eigenvalue weighted by Gasteiger charge is -2.28. The van der Waals surface area contributed by atoms with Crippen LogP contribution in [-0.4, -0.2) is 50.4 Å². The molecule has 6 heteroatoms. The Morgan fingerprint density at radius 1 is 1.25 bits per heavy atom. The van der Waals surface area contributed by atoms with Crippen molar-refractivity contribution < 1.29 is 0 Å². The van der Waals surface area contributed by atoms with Gasteiger partial charge in [-0.2, -0.15) is 4.98 Å². The zero-order chi connectivity index (χ0) is 14.1. The molecular weight excluding hydrogens is 270 g/mol. The van der Waals surface area contributed by atoms with Crippen molar-refractivity contribution in [3.63, 3.8) is 0 Å². The molecule has 1 fully saturated rings. The van der Waals surface area contributed by atoms with Crippen LogP contribution in [0.15, 0.2) is 11.2 Å². The highest BCUT2D eigenvalue weighted by Crippen LogP contribution is 2.24. The first kappa shape index (κ1) is 13.8. The molecule has 0 aliphatic carbocycles. The maximum atomic E-state index is 4.55. The van der Waals surface area contributed by atoms with Crippen LogP contribution in [-0.2, 0) is 0 Å². The number of fused-ring (bicyclic) bond motifs is 1. The Labute approximate surface area is 123 Å². The molecule has 0 unspecified atom stereocenters. The fourth-order valence-electron chi connectivity index (χ4n) is 2.63. The minimum absolute atomic E-state index is 0.716. The summed E-state index contributed by atoms with van der Waals surface area (Å²) in [4.78, 5) is 11.4. The van der Waals surface area contributed by atoms with Crippen LogP contribution in [0.4, 0.5) is 0 Å². The molecule has 3 heterocycles. The molecule has 2 aromatic rings. The van der Waals surface area contributed by atoms with Gasteiger partial charge in [-0.15, -0.1) is 5.10 Å². The van der Waals surface area contributed by atoms with Crippen LogP contribution in [0.2, 0.25) is 0 Å². The summed E-state index contributed by atoms with van der Waals surface area (Å²) in [5.74, 6) is 2.62. The Morgan fingerprint density at radius 3 is 2.75 bits per heavy atom. The van der Waals surface area contributed by atoms with E-state index in [0.717, 1.165) is 28.2 Å². The van der Waals surface area contributed by atoms with Gasteiger partial charge in [0, 0.05) is 17.1 Å². The lowest BCUT2D eigenvalue weighted by Crippen LogP contribution is -2.31. The van der Waals surface area contributed by atoms with E-state index in [9.17, 15) is 0 Å². The normalized spacial score (nSPS) is 17.9. The van der Waals surface area contributed by atoms with E-state index in [-0.39, 0.29) is 0 Å². The SMILES string of the molecule is Cc1cc(C)n2nc(SCC3CCN(C)CC3)nc2n1. The molecule has 0 atom stereocenters. The summed E-state index contributed by atoms with van der Waals surface area (Å²) in [6.07, 6.45) is 2.57. The van der Waals surface area contributed by atoms with Crippen LogP contribution in [0.1, 0.15) is 24.2 Å². The predicted molar refractivity (Wildman–Crippen MR) is 81.2 cm³/mol. The molecule has 0 N–H and O–H groups in total. The lowest BCUT2D eigenvalue weighted by molar-refractivity contribution is 0.232. The standard InChI is InChI=1S/C14H21N5S/c1-10-8-11(2)19-13(15-10)16-14(17-19)20-9-12-4-6-18(3)7-5-12/h8,12H,4-7,9H2,1-3H3. The molecule has 3 rings (SSSR count). The number of aromatic nitrogens is 4. The molecule has 1 saturated heterocycles. The zero-order valence-electron chi connectivity index (χ0n) is 12.3. The first-order valence-corrected chi connectivity index (χ1v) is 8.13. The molecule has 0 aromatic carbocycles. The number of aryl methyl sites for hydroxylation is 2. The van der Waals surface area contributed by atoms with Crippen molar-refractivity contribution in [3.8, 4) is 0 Å². The van der Waals surface area contributed by atoms with E-state index in [0.29, 0.717) is 5.78 Å². The third-order valence-electron chi connectivity index (χ3n) is 3.89. The summed E-state index contributed by atoms with van der Waals surface area (Å²) in [6.45, 7) is 6.46. The number of nitrogens with zero attached hydrogens (tertiary/aromatic N) is 5. The molecule has 108 valence electrons. The molecule has 20 heavy (non-hydrogen) atoms. The second-order valence-electron chi connectivity index (χ2n) is 5.70. The van der Waals surface area contributed by atoms with E-state index >= 15 is 0 Å². The van der Waals surface area contributed by atoms with Gasteiger partial charge in [-0.25, -0.2) is 9.50 Å². The van der Waals surface area contributed by atoms with Crippen LogP contribution in [0.3, 0.4) is 0 Å². The molecule has 0 bridgehead atoms. The number of hydrogen-bond acceptors (Lipinski definition) is 5. The Balaban J connectivity index is 1.67. The number of hydrogen-bond donors (Lipinski definition) is 0. The second kappa shape index (κ2) is 5.69. The third kappa shape index (κ3) is 2.96. The number of thioether (sulfide) groups is 1. The number of likely N-dealkylation sites (tertiary alicyclic amines) is 1. The van der Waals surface area contributed by atoms with Crippen molar-refractivity contribution in [1.29, 1.82) is 0 Å². The molecule has 1 aliphatic heterocycles.